The third-order valence-corrected chi connectivity index (χ3v) is 6.45. The minimum atomic E-state index is -0.661. The summed E-state index contributed by atoms with van der Waals surface area (Å²) in [4.78, 5) is 25.2. The maximum Gasteiger partial charge on any atom is 0.255 e. The fourth-order valence-electron chi connectivity index (χ4n) is 4.34. The van der Waals surface area contributed by atoms with Gasteiger partial charge in [0.1, 0.15) is 23.3 Å². The molecular formula is C24H28FN5O4. The Bertz CT molecular complexity index is 1230. The lowest BCUT2D eigenvalue weighted by Crippen LogP contribution is -2.52. The number of rotatable bonds is 7. The number of ether oxygens (including phenoxy) is 2. The predicted molar refractivity (Wildman–Crippen MR) is 124 cm³/mol. The lowest BCUT2D eigenvalue weighted by Gasteiger charge is -2.29. The number of carbonyl (C=O) groups is 1. The van der Waals surface area contributed by atoms with Crippen molar-refractivity contribution < 1.29 is 23.8 Å². The molecule has 9 nitrogen and oxygen atoms in total. The van der Waals surface area contributed by atoms with Crippen molar-refractivity contribution in [1.29, 1.82) is 0 Å². The molecule has 0 bridgehead atoms. The number of H-pyrrole nitrogens is 1. The number of piperidine rings is 1. The van der Waals surface area contributed by atoms with E-state index in [9.17, 15) is 14.3 Å². The molecule has 10 heteroatoms. The molecule has 0 unspecified atom stereocenters. The molecule has 2 fully saturated rings. The highest BCUT2D eigenvalue weighted by Crippen LogP contribution is 2.39. The summed E-state index contributed by atoms with van der Waals surface area (Å²) in [7, 11) is 1.40. The van der Waals surface area contributed by atoms with Gasteiger partial charge in [-0.2, -0.15) is 0 Å². The summed E-state index contributed by atoms with van der Waals surface area (Å²) in [5.74, 6) is 0.0756. The van der Waals surface area contributed by atoms with E-state index in [-0.39, 0.29) is 17.7 Å². The van der Waals surface area contributed by atoms with Crippen molar-refractivity contribution in [2.45, 2.75) is 38.3 Å². The Hall–Kier alpha value is -3.24. The molecule has 1 aromatic carbocycles. The summed E-state index contributed by atoms with van der Waals surface area (Å²) in [6.07, 6.45) is 3.55. The number of halogens is 1. The van der Waals surface area contributed by atoms with E-state index in [0.717, 1.165) is 19.4 Å². The first-order valence-electron chi connectivity index (χ1n) is 11.5. The normalized spacial score (nSPS) is 20.4. The Balaban J connectivity index is 1.55. The Morgan fingerprint density at radius 2 is 2.09 bits per heavy atom. The molecule has 1 amide bonds. The van der Waals surface area contributed by atoms with E-state index in [1.165, 1.54) is 19.5 Å². The number of nitrogens with one attached hydrogen (secondary N) is 3. The molecule has 4 N–H and O–H groups in total. The fraction of sp³-hybridized carbons (Fsp3) is 0.458. The molecule has 1 saturated carbocycles. The second kappa shape index (κ2) is 9.19. The molecule has 1 saturated heterocycles. The summed E-state index contributed by atoms with van der Waals surface area (Å²) in [6.45, 7) is 3.44. The number of methoxy groups -OCH3 is 1. The number of amides is 1. The van der Waals surface area contributed by atoms with Crippen LogP contribution in [-0.4, -0.2) is 64.9 Å². The number of aliphatic hydroxyl groups is 1. The minimum absolute atomic E-state index is 0.0710. The maximum absolute atomic E-state index is 14.5. The van der Waals surface area contributed by atoms with Crippen molar-refractivity contribution >= 4 is 16.9 Å². The summed E-state index contributed by atoms with van der Waals surface area (Å²) >= 11 is 0. The van der Waals surface area contributed by atoms with Crippen LogP contribution in [0.5, 0.6) is 11.5 Å². The average Bonchev–Trinajstić information content (AvgIpc) is 3.59. The van der Waals surface area contributed by atoms with Crippen LogP contribution in [0.1, 0.15) is 35.3 Å². The van der Waals surface area contributed by atoms with Crippen molar-refractivity contribution in [3.8, 4) is 22.8 Å². The van der Waals surface area contributed by atoms with Crippen LogP contribution in [0.15, 0.2) is 18.5 Å². The minimum Gasteiger partial charge on any atom is -0.494 e. The number of benzene rings is 1. The van der Waals surface area contributed by atoms with Crippen LogP contribution in [-0.2, 0) is 0 Å². The number of nitrogens with zero attached hydrogens (tertiary/aromatic N) is 2. The summed E-state index contributed by atoms with van der Waals surface area (Å²) in [5, 5.41) is 16.3. The van der Waals surface area contributed by atoms with E-state index >= 15 is 0 Å². The van der Waals surface area contributed by atoms with Crippen molar-refractivity contribution in [3.63, 3.8) is 0 Å². The van der Waals surface area contributed by atoms with Crippen LogP contribution >= 0.6 is 0 Å². The highest BCUT2D eigenvalue weighted by atomic mass is 19.1. The highest BCUT2D eigenvalue weighted by Gasteiger charge is 2.29. The largest absolute Gasteiger partial charge is 0.494 e. The lowest BCUT2D eigenvalue weighted by molar-refractivity contribution is 0.0766. The fourth-order valence-corrected chi connectivity index (χ4v) is 4.34. The molecule has 3 heterocycles. The number of fused-ring (bicyclic) bond motifs is 1. The lowest BCUT2D eigenvalue weighted by atomic mass is 10.0. The van der Waals surface area contributed by atoms with E-state index in [1.54, 1.807) is 13.0 Å². The van der Waals surface area contributed by atoms with E-state index < -0.39 is 11.9 Å². The van der Waals surface area contributed by atoms with Gasteiger partial charge in [0.15, 0.2) is 11.6 Å². The molecule has 5 rings (SSSR count). The number of carbonyl (C=O) groups excluding carboxylic acids is 1. The van der Waals surface area contributed by atoms with Gasteiger partial charge in [0.25, 0.3) is 5.91 Å². The zero-order valence-corrected chi connectivity index (χ0v) is 19.2. The number of β-amino-alcohol motifs (C(OH)–C–C–N with tert-alkyl or cyclic N) is 1. The molecule has 0 spiro atoms. The van der Waals surface area contributed by atoms with E-state index in [2.05, 4.69) is 25.6 Å². The highest BCUT2D eigenvalue weighted by molar-refractivity contribution is 6.09. The topological polar surface area (TPSA) is 121 Å². The SMILES string of the molecule is COc1cc(-c2ncnc3c(C(=O)N[C@@H]4CCNC[C@H]4O)c(C)[nH]c23)c(OCC2CC2)cc1F. The molecule has 34 heavy (non-hydrogen) atoms. The van der Waals surface area contributed by atoms with E-state index in [1.807, 2.05) is 0 Å². The van der Waals surface area contributed by atoms with Gasteiger partial charge in [-0.05, 0) is 44.7 Å². The van der Waals surface area contributed by atoms with Crippen molar-refractivity contribution in [3.05, 3.63) is 35.5 Å². The first-order chi connectivity index (χ1) is 16.5. The van der Waals surface area contributed by atoms with Gasteiger partial charge in [-0.3, -0.25) is 4.79 Å². The number of hydrogen-bond donors (Lipinski definition) is 4. The van der Waals surface area contributed by atoms with E-state index in [4.69, 9.17) is 9.47 Å². The summed E-state index contributed by atoms with van der Waals surface area (Å²) in [6, 6.07) is 2.52. The van der Waals surface area contributed by atoms with E-state index in [0.29, 0.717) is 64.8 Å². The van der Waals surface area contributed by atoms with Gasteiger partial charge in [-0.15, -0.1) is 0 Å². The van der Waals surface area contributed by atoms with Gasteiger partial charge >= 0.3 is 0 Å². The van der Waals surface area contributed by atoms with Gasteiger partial charge in [-0.25, -0.2) is 14.4 Å². The second-order valence-corrected chi connectivity index (χ2v) is 8.95. The zero-order chi connectivity index (χ0) is 23.8. The third kappa shape index (κ3) is 4.30. The van der Waals surface area contributed by atoms with Crippen LogP contribution in [0.4, 0.5) is 4.39 Å². The van der Waals surface area contributed by atoms with Gasteiger partial charge in [-0.1, -0.05) is 0 Å². The number of aryl methyl sites for hydroxylation is 1. The Kier molecular flexibility index (Phi) is 6.09. The van der Waals surface area contributed by atoms with Gasteiger partial charge in [0, 0.05) is 23.9 Å². The second-order valence-electron chi connectivity index (χ2n) is 8.95. The Labute approximate surface area is 196 Å². The van der Waals surface area contributed by atoms with Gasteiger partial charge < -0.3 is 30.2 Å². The molecule has 1 aliphatic heterocycles. The predicted octanol–water partition coefficient (Wildman–Crippen LogP) is 2.32. The van der Waals surface area contributed by atoms with Crippen molar-refractivity contribution in [2.24, 2.45) is 5.92 Å². The standard InChI is InChI=1S/C24H28FN5O4/c1-12-20(24(32)30-16-5-6-26-9-17(16)31)22-23(29-12)21(27-11-28-22)14-7-19(33-2)15(25)8-18(14)34-10-13-3-4-13/h7-8,11,13,16-17,26,29,31H,3-6,9-10H2,1-2H3,(H,30,32)/t16-,17-/m1/s1. The molecule has 180 valence electrons. The maximum atomic E-state index is 14.5. The third-order valence-electron chi connectivity index (χ3n) is 6.45. The molecule has 2 atom stereocenters. The smallest absolute Gasteiger partial charge is 0.255 e. The molecule has 2 aromatic heterocycles. The first-order valence-corrected chi connectivity index (χ1v) is 11.5. The van der Waals surface area contributed by atoms with Gasteiger partial charge in [0.2, 0.25) is 0 Å². The van der Waals surface area contributed by atoms with Gasteiger partial charge in [0.05, 0.1) is 36.9 Å². The molecule has 0 radical (unpaired) electrons. The van der Waals surface area contributed by atoms with Crippen LogP contribution in [0.3, 0.4) is 0 Å². The monoisotopic (exact) mass is 469 g/mol. The molecule has 2 aliphatic rings. The number of aromatic nitrogens is 3. The molecule has 1 aliphatic carbocycles. The average molecular weight is 470 g/mol. The number of hydrogen-bond acceptors (Lipinski definition) is 7. The van der Waals surface area contributed by atoms with Crippen molar-refractivity contribution in [2.75, 3.05) is 26.8 Å². The first kappa shape index (κ1) is 22.5. The zero-order valence-electron chi connectivity index (χ0n) is 19.2. The summed E-state index contributed by atoms with van der Waals surface area (Å²) in [5.41, 5.74) is 3.03. The molecular weight excluding hydrogens is 441 g/mol. The van der Waals surface area contributed by atoms with Crippen molar-refractivity contribution in [1.82, 2.24) is 25.6 Å². The Morgan fingerprint density at radius 1 is 1.26 bits per heavy atom. The summed E-state index contributed by atoms with van der Waals surface area (Å²) < 4.78 is 25.7. The van der Waals surface area contributed by atoms with Crippen LogP contribution in [0.2, 0.25) is 0 Å². The number of aliphatic hydroxyl groups excluding tert-OH is 1. The quantitative estimate of drug-likeness (QED) is 0.419. The van der Waals surface area contributed by atoms with Crippen LogP contribution in [0, 0.1) is 18.7 Å². The Morgan fingerprint density at radius 3 is 2.82 bits per heavy atom. The van der Waals surface area contributed by atoms with Crippen LogP contribution in [0.25, 0.3) is 22.3 Å². The number of aromatic amines is 1. The molecule has 3 aromatic rings. The van der Waals surface area contributed by atoms with Crippen LogP contribution < -0.4 is 20.1 Å².